The molecule has 0 unspecified atom stereocenters. The van der Waals surface area contributed by atoms with Crippen LogP contribution < -0.4 is 0 Å². The molecule has 0 heterocycles. The van der Waals surface area contributed by atoms with E-state index >= 15 is 0 Å². The van der Waals surface area contributed by atoms with E-state index in [4.69, 9.17) is 0 Å². The molecule has 1 fully saturated rings. The van der Waals surface area contributed by atoms with Crippen molar-refractivity contribution >= 4 is 21.8 Å². The predicted molar refractivity (Wildman–Crippen MR) is 71.9 cm³/mol. The maximum Gasteiger partial charge on any atom is 0.228 e. The third kappa shape index (κ3) is 2.99. The molecular weight excluding hydrogens is 266 g/mol. The molecule has 94 valence electrons. The molecule has 1 aliphatic carbocycles. The van der Waals surface area contributed by atoms with Gasteiger partial charge < -0.3 is 4.90 Å². The number of halogens is 1. The van der Waals surface area contributed by atoms with Crippen LogP contribution in [-0.2, 0) is 4.79 Å². The van der Waals surface area contributed by atoms with Crippen molar-refractivity contribution in [2.45, 2.75) is 52.4 Å². The summed E-state index contributed by atoms with van der Waals surface area (Å²) in [6.07, 6.45) is 6.74. The molecule has 0 aromatic heterocycles. The Balaban J connectivity index is 2.64. The van der Waals surface area contributed by atoms with Crippen LogP contribution in [0.25, 0.3) is 0 Å². The number of carbonyl (C=O) groups excluding carboxylic acids is 1. The Labute approximate surface area is 108 Å². The van der Waals surface area contributed by atoms with Crippen molar-refractivity contribution in [2.75, 3.05) is 18.4 Å². The Morgan fingerprint density at radius 2 is 1.94 bits per heavy atom. The number of amides is 1. The SMILES string of the molecule is CCN(CCCBr)C(=O)C1(CC)CCCC1. The lowest BCUT2D eigenvalue weighted by molar-refractivity contribution is -0.142. The van der Waals surface area contributed by atoms with Gasteiger partial charge in [0.2, 0.25) is 5.91 Å². The minimum Gasteiger partial charge on any atom is -0.342 e. The van der Waals surface area contributed by atoms with Crippen LogP contribution in [0, 0.1) is 5.41 Å². The molecule has 0 aromatic rings. The maximum atomic E-state index is 12.5. The van der Waals surface area contributed by atoms with Gasteiger partial charge in [0.25, 0.3) is 0 Å². The van der Waals surface area contributed by atoms with Crippen molar-refractivity contribution in [2.24, 2.45) is 5.41 Å². The molecule has 0 N–H and O–H groups in total. The lowest BCUT2D eigenvalue weighted by atomic mass is 9.82. The second-order valence-corrected chi connectivity index (χ2v) is 5.56. The summed E-state index contributed by atoms with van der Waals surface area (Å²) in [5.74, 6) is 0.413. The molecule has 1 amide bonds. The smallest absolute Gasteiger partial charge is 0.228 e. The molecule has 0 atom stereocenters. The number of alkyl halides is 1. The third-order valence-corrected chi connectivity index (χ3v) is 4.48. The van der Waals surface area contributed by atoms with Gasteiger partial charge in [-0.2, -0.15) is 0 Å². The third-order valence-electron chi connectivity index (χ3n) is 3.92. The predicted octanol–water partition coefficient (Wildman–Crippen LogP) is 3.59. The van der Waals surface area contributed by atoms with Gasteiger partial charge in [-0.15, -0.1) is 0 Å². The number of carbonyl (C=O) groups is 1. The van der Waals surface area contributed by atoms with E-state index in [9.17, 15) is 4.79 Å². The van der Waals surface area contributed by atoms with Crippen LogP contribution in [0.5, 0.6) is 0 Å². The van der Waals surface area contributed by atoms with Crippen LogP contribution in [0.4, 0.5) is 0 Å². The number of rotatable bonds is 6. The van der Waals surface area contributed by atoms with Crippen LogP contribution in [0.15, 0.2) is 0 Å². The molecule has 2 nitrogen and oxygen atoms in total. The number of hydrogen-bond donors (Lipinski definition) is 0. The van der Waals surface area contributed by atoms with E-state index < -0.39 is 0 Å². The zero-order valence-corrected chi connectivity index (χ0v) is 12.2. The summed E-state index contributed by atoms with van der Waals surface area (Å²) in [7, 11) is 0. The van der Waals surface area contributed by atoms with Crippen molar-refractivity contribution in [3.8, 4) is 0 Å². The normalized spacial score (nSPS) is 18.7. The molecule has 1 rings (SSSR count). The summed E-state index contributed by atoms with van der Waals surface area (Å²) in [6, 6.07) is 0. The highest BCUT2D eigenvalue weighted by Gasteiger charge is 2.41. The van der Waals surface area contributed by atoms with Crippen molar-refractivity contribution in [3.05, 3.63) is 0 Å². The van der Waals surface area contributed by atoms with E-state index in [1.165, 1.54) is 12.8 Å². The zero-order valence-electron chi connectivity index (χ0n) is 10.6. The van der Waals surface area contributed by atoms with E-state index in [0.717, 1.165) is 44.1 Å². The van der Waals surface area contributed by atoms with E-state index in [1.807, 2.05) is 0 Å². The summed E-state index contributed by atoms with van der Waals surface area (Å²) < 4.78 is 0. The first-order valence-electron chi connectivity index (χ1n) is 6.55. The van der Waals surface area contributed by atoms with Gasteiger partial charge in [-0.1, -0.05) is 35.7 Å². The van der Waals surface area contributed by atoms with Crippen LogP contribution >= 0.6 is 15.9 Å². The fourth-order valence-electron chi connectivity index (χ4n) is 2.76. The summed E-state index contributed by atoms with van der Waals surface area (Å²) >= 11 is 3.43. The first-order valence-corrected chi connectivity index (χ1v) is 7.67. The van der Waals surface area contributed by atoms with Gasteiger partial charge in [-0.25, -0.2) is 0 Å². The summed E-state index contributed by atoms with van der Waals surface area (Å²) in [5.41, 5.74) is -0.0116. The van der Waals surface area contributed by atoms with Crippen molar-refractivity contribution < 1.29 is 4.79 Å². The van der Waals surface area contributed by atoms with E-state index in [0.29, 0.717) is 5.91 Å². The molecule has 0 bridgehead atoms. The van der Waals surface area contributed by atoms with Crippen molar-refractivity contribution in [3.63, 3.8) is 0 Å². The second-order valence-electron chi connectivity index (χ2n) is 4.77. The van der Waals surface area contributed by atoms with Crippen LogP contribution in [-0.4, -0.2) is 29.2 Å². The van der Waals surface area contributed by atoms with Crippen molar-refractivity contribution in [1.29, 1.82) is 0 Å². The van der Waals surface area contributed by atoms with E-state index in [2.05, 4.69) is 34.7 Å². The Kier molecular flexibility index (Phi) is 5.81. The number of nitrogens with zero attached hydrogens (tertiary/aromatic N) is 1. The van der Waals surface area contributed by atoms with Gasteiger partial charge in [-0.3, -0.25) is 4.79 Å². The van der Waals surface area contributed by atoms with E-state index in [1.54, 1.807) is 0 Å². The molecule has 0 spiro atoms. The highest BCUT2D eigenvalue weighted by atomic mass is 79.9. The highest BCUT2D eigenvalue weighted by molar-refractivity contribution is 9.09. The molecule has 16 heavy (non-hydrogen) atoms. The molecule has 0 radical (unpaired) electrons. The minimum atomic E-state index is -0.0116. The van der Waals surface area contributed by atoms with Crippen LogP contribution in [0.3, 0.4) is 0 Å². The first-order chi connectivity index (χ1) is 7.70. The zero-order chi connectivity index (χ0) is 12.0. The quantitative estimate of drug-likeness (QED) is 0.685. The first kappa shape index (κ1) is 14.0. The van der Waals surface area contributed by atoms with Gasteiger partial charge in [0, 0.05) is 23.8 Å². The fourth-order valence-corrected chi connectivity index (χ4v) is 3.01. The molecule has 0 aliphatic heterocycles. The topological polar surface area (TPSA) is 20.3 Å². The van der Waals surface area contributed by atoms with Gasteiger partial charge in [0.15, 0.2) is 0 Å². The average Bonchev–Trinajstić information content (AvgIpc) is 2.79. The largest absolute Gasteiger partial charge is 0.342 e. The van der Waals surface area contributed by atoms with Gasteiger partial charge in [-0.05, 0) is 32.6 Å². The maximum absolute atomic E-state index is 12.5. The monoisotopic (exact) mass is 289 g/mol. The van der Waals surface area contributed by atoms with E-state index in [-0.39, 0.29) is 5.41 Å². The van der Waals surface area contributed by atoms with Crippen LogP contribution in [0.1, 0.15) is 52.4 Å². The highest BCUT2D eigenvalue weighted by Crippen LogP contribution is 2.42. The van der Waals surface area contributed by atoms with Crippen LogP contribution in [0.2, 0.25) is 0 Å². The standard InChI is InChI=1S/C13H24BrNO/c1-3-13(8-5-6-9-13)12(16)15(4-2)11-7-10-14/h3-11H2,1-2H3. The average molecular weight is 290 g/mol. The molecule has 3 heteroatoms. The molecular formula is C13H24BrNO. The lowest BCUT2D eigenvalue weighted by Crippen LogP contribution is -2.42. The Hall–Kier alpha value is -0.0500. The minimum absolute atomic E-state index is 0.0116. The number of hydrogen-bond acceptors (Lipinski definition) is 1. The molecule has 0 saturated heterocycles. The second kappa shape index (κ2) is 6.63. The van der Waals surface area contributed by atoms with Gasteiger partial charge in [0.05, 0.1) is 0 Å². The van der Waals surface area contributed by atoms with Gasteiger partial charge in [0.1, 0.15) is 0 Å². The molecule has 0 aromatic carbocycles. The Morgan fingerprint density at radius 3 is 2.38 bits per heavy atom. The van der Waals surface area contributed by atoms with Crippen molar-refractivity contribution in [1.82, 2.24) is 4.90 Å². The Morgan fingerprint density at radius 1 is 1.31 bits per heavy atom. The summed E-state index contributed by atoms with van der Waals surface area (Å²) in [5, 5.41) is 0.982. The lowest BCUT2D eigenvalue weighted by Gasteiger charge is -2.33. The Bertz CT molecular complexity index is 224. The molecule has 1 aliphatic rings. The fraction of sp³-hybridized carbons (Fsp3) is 0.923. The summed E-state index contributed by atoms with van der Waals surface area (Å²) in [4.78, 5) is 14.6. The summed E-state index contributed by atoms with van der Waals surface area (Å²) in [6.45, 7) is 6.02. The van der Waals surface area contributed by atoms with Gasteiger partial charge >= 0.3 is 0 Å². The molecule has 1 saturated carbocycles.